The van der Waals surface area contributed by atoms with Crippen molar-refractivity contribution in [3.8, 4) is 11.8 Å². The van der Waals surface area contributed by atoms with E-state index in [9.17, 15) is 9.90 Å². The number of para-hydroxylation sites is 1. The van der Waals surface area contributed by atoms with Crippen molar-refractivity contribution in [3.63, 3.8) is 0 Å². The predicted molar refractivity (Wildman–Crippen MR) is 129 cm³/mol. The third-order valence-corrected chi connectivity index (χ3v) is 6.18. The number of aliphatic hydroxyl groups is 1. The first-order valence-corrected chi connectivity index (χ1v) is 11.3. The van der Waals surface area contributed by atoms with Gasteiger partial charge in [0, 0.05) is 55.2 Å². The number of nitrogens with one attached hydrogen (secondary N) is 1. The van der Waals surface area contributed by atoms with Crippen LogP contribution in [0.15, 0.2) is 60.8 Å². The normalized spacial score (nSPS) is 15.4. The molecule has 4 aromatic rings. The highest BCUT2D eigenvalue weighted by molar-refractivity contribution is 6.10. The molecule has 0 saturated carbocycles. The predicted octanol–water partition coefficient (Wildman–Crippen LogP) is 2.79. The minimum atomic E-state index is -0.648. The Bertz CT molecular complexity index is 1350. The SMILES string of the molecule is N#Cc1ccc(C(=O)N2CCN(CC(O)COc3cccc4[nH]c5ccccc5c34)CC2)cn1. The molecular formula is C26H25N5O3. The third kappa shape index (κ3) is 4.44. The summed E-state index contributed by atoms with van der Waals surface area (Å²) in [6, 6.07) is 19.1. The fourth-order valence-electron chi connectivity index (χ4n) is 4.43. The van der Waals surface area contributed by atoms with Crippen LogP contribution in [0.1, 0.15) is 16.1 Å². The van der Waals surface area contributed by atoms with E-state index in [0.717, 1.165) is 27.6 Å². The van der Waals surface area contributed by atoms with E-state index < -0.39 is 6.10 Å². The zero-order valence-electron chi connectivity index (χ0n) is 18.6. The first-order chi connectivity index (χ1) is 16.6. The van der Waals surface area contributed by atoms with Crippen molar-refractivity contribution in [3.05, 3.63) is 72.1 Å². The van der Waals surface area contributed by atoms with Gasteiger partial charge in [0.05, 0.1) is 11.1 Å². The Morgan fingerprint density at radius 3 is 2.65 bits per heavy atom. The van der Waals surface area contributed by atoms with E-state index in [4.69, 9.17) is 10.00 Å². The molecular weight excluding hydrogens is 430 g/mol. The summed E-state index contributed by atoms with van der Waals surface area (Å²) in [5.74, 6) is 0.660. The number of carbonyl (C=O) groups is 1. The number of piperazine rings is 1. The Hall–Kier alpha value is -3.93. The number of hydrogen-bond donors (Lipinski definition) is 2. The highest BCUT2D eigenvalue weighted by Crippen LogP contribution is 2.33. The summed E-state index contributed by atoms with van der Waals surface area (Å²) in [6.45, 7) is 3.15. The number of benzene rings is 2. The number of nitriles is 1. The molecule has 3 heterocycles. The first-order valence-electron chi connectivity index (χ1n) is 11.3. The van der Waals surface area contributed by atoms with Crippen LogP contribution in [-0.2, 0) is 0 Å². The van der Waals surface area contributed by atoms with Crippen molar-refractivity contribution in [1.82, 2.24) is 19.8 Å². The van der Waals surface area contributed by atoms with Gasteiger partial charge in [0.1, 0.15) is 30.2 Å². The van der Waals surface area contributed by atoms with Crippen molar-refractivity contribution in [2.45, 2.75) is 6.10 Å². The van der Waals surface area contributed by atoms with Crippen LogP contribution in [0.4, 0.5) is 0 Å². The monoisotopic (exact) mass is 455 g/mol. The molecule has 2 aromatic heterocycles. The van der Waals surface area contributed by atoms with Gasteiger partial charge in [0.25, 0.3) is 5.91 Å². The molecule has 2 N–H and O–H groups in total. The number of ether oxygens (including phenoxy) is 1. The molecule has 8 heteroatoms. The summed E-state index contributed by atoms with van der Waals surface area (Å²) in [5, 5.41) is 21.6. The molecule has 5 rings (SSSR count). The first kappa shape index (κ1) is 21.9. The molecule has 1 fully saturated rings. The minimum Gasteiger partial charge on any atom is -0.490 e. The highest BCUT2D eigenvalue weighted by Gasteiger charge is 2.24. The fourth-order valence-corrected chi connectivity index (χ4v) is 4.43. The number of nitrogens with zero attached hydrogens (tertiary/aromatic N) is 4. The van der Waals surface area contributed by atoms with E-state index in [-0.39, 0.29) is 12.5 Å². The molecule has 8 nitrogen and oxygen atoms in total. The maximum Gasteiger partial charge on any atom is 0.255 e. The number of rotatable bonds is 6. The number of pyridine rings is 1. The maximum atomic E-state index is 12.7. The number of aromatic nitrogens is 2. The molecule has 1 saturated heterocycles. The zero-order valence-corrected chi connectivity index (χ0v) is 18.6. The second-order valence-electron chi connectivity index (χ2n) is 8.45. The van der Waals surface area contributed by atoms with E-state index in [2.05, 4.69) is 20.9 Å². The van der Waals surface area contributed by atoms with Gasteiger partial charge in [-0.15, -0.1) is 0 Å². The lowest BCUT2D eigenvalue weighted by atomic mass is 10.1. The van der Waals surface area contributed by atoms with Crippen LogP contribution in [0.5, 0.6) is 5.75 Å². The summed E-state index contributed by atoms with van der Waals surface area (Å²) in [7, 11) is 0. The summed E-state index contributed by atoms with van der Waals surface area (Å²) in [4.78, 5) is 24.0. The topological polar surface area (TPSA) is 105 Å². The molecule has 0 aliphatic carbocycles. The van der Waals surface area contributed by atoms with Gasteiger partial charge in [-0.3, -0.25) is 9.69 Å². The van der Waals surface area contributed by atoms with Crippen LogP contribution in [0.25, 0.3) is 21.8 Å². The number of fused-ring (bicyclic) bond motifs is 3. The van der Waals surface area contributed by atoms with E-state index in [1.165, 1.54) is 6.20 Å². The van der Waals surface area contributed by atoms with Gasteiger partial charge in [-0.2, -0.15) is 5.26 Å². The fraction of sp³-hybridized carbons (Fsp3) is 0.269. The average molecular weight is 456 g/mol. The standard InChI is InChI=1S/C26H25N5O3/c27-14-19-9-8-18(15-28-19)26(33)31-12-10-30(11-13-31)16-20(32)17-34-24-7-3-6-23-25(24)21-4-1-2-5-22(21)29-23/h1-9,15,20,29,32H,10-13,16-17H2. The largest absolute Gasteiger partial charge is 0.490 e. The van der Waals surface area contributed by atoms with Crippen molar-refractivity contribution < 1.29 is 14.6 Å². The Morgan fingerprint density at radius 2 is 1.88 bits per heavy atom. The number of aromatic amines is 1. The number of amides is 1. The summed E-state index contributed by atoms with van der Waals surface area (Å²) < 4.78 is 6.03. The van der Waals surface area contributed by atoms with Crippen LogP contribution in [0.2, 0.25) is 0 Å². The molecule has 34 heavy (non-hydrogen) atoms. The zero-order chi connectivity index (χ0) is 23.5. The van der Waals surface area contributed by atoms with Crippen LogP contribution in [0, 0.1) is 11.3 Å². The van der Waals surface area contributed by atoms with Gasteiger partial charge in [-0.25, -0.2) is 4.98 Å². The Morgan fingerprint density at radius 1 is 1.09 bits per heavy atom. The third-order valence-electron chi connectivity index (χ3n) is 6.18. The number of β-amino-alcohol motifs (C(OH)–C–C–N with tert-alkyl or cyclic N) is 1. The van der Waals surface area contributed by atoms with E-state index in [0.29, 0.717) is 44.0 Å². The minimum absolute atomic E-state index is 0.0904. The van der Waals surface area contributed by atoms with Gasteiger partial charge in [0.15, 0.2) is 0 Å². The summed E-state index contributed by atoms with van der Waals surface area (Å²) in [5.41, 5.74) is 2.83. The number of aliphatic hydroxyl groups excluding tert-OH is 1. The molecule has 0 bridgehead atoms. The molecule has 1 unspecified atom stereocenters. The number of hydrogen-bond acceptors (Lipinski definition) is 6. The Kier molecular flexibility index (Phi) is 6.12. The van der Waals surface area contributed by atoms with Gasteiger partial charge in [0.2, 0.25) is 0 Å². The lowest BCUT2D eigenvalue weighted by Gasteiger charge is -2.35. The van der Waals surface area contributed by atoms with Crippen LogP contribution in [-0.4, -0.2) is 76.2 Å². The highest BCUT2D eigenvalue weighted by atomic mass is 16.5. The van der Waals surface area contributed by atoms with Gasteiger partial charge >= 0.3 is 0 Å². The second kappa shape index (κ2) is 9.51. The van der Waals surface area contributed by atoms with E-state index >= 15 is 0 Å². The van der Waals surface area contributed by atoms with Crippen molar-refractivity contribution in [1.29, 1.82) is 5.26 Å². The molecule has 0 radical (unpaired) electrons. The Labute approximate surface area is 197 Å². The van der Waals surface area contributed by atoms with Crippen molar-refractivity contribution >= 4 is 27.7 Å². The molecule has 1 aliphatic heterocycles. The average Bonchev–Trinajstić information content (AvgIpc) is 3.27. The lowest BCUT2D eigenvalue weighted by molar-refractivity contribution is 0.0406. The molecule has 0 spiro atoms. The quantitative estimate of drug-likeness (QED) is 0.463. The molecule has 1 amide bonds. The van der Waals surface area contributed by atoms with E-state index in [1.54, 1.807) is 17.0 Å². The molecule has 2 aromatic carbocycles. The van der Waals surface area contributed by atoms with Gasteiger partial charge in [-0.1, -0.05) is 24.3 Å². The lowest BCUT2D eigenvalue weighted by Crippen LogP contribution is -2.51. The Balaban J connectivity index is 1.15. The molecule has 172 valence electrons. The van der Waals surface area contributed by atoms with Crippen LogP contribution >= 0.6 is 0 Å². The van der Waals surface area contributed by atoms with E-state index in [1.807, 2.05) is 42.5 Å². The van der Waals surface area contributed by atoms with Gasteiger partial charge < -0.3 is 19.7 Å². The van der Waals surface area contributed by atoms with Crippen molar-refractivity contribution in [2.24, 2.45) is 0 Å². The number of carbonyl (C=O) groups excluding carboxylic acids is 1. The number of H-pyrrole nitrogens is 1. The summed E-state index contributed by atoms with van der Waals surface area (Å²) in [6.07, 6.45) is 0.799. The molecule has 1 atom stereocenters. The van der Waals surface area contributed by atoms with Crippen LogP contribution in [0.3, 0.4) is 0 Å². The van der Waals surface area contributed by atoms with Crippen molar-refractivity contribution in [2.75, 3.05) is 39.3 Å². The second-order valence-corrected chi connectivity index (χ2v) is 8.45. The van der Waals surface area contributed by atoms with Gasteiger partial charge in [-0.05, 0) is 30.3 Å². The molecule has 1 aliphatic rings. The van der Waals surface area contributed by atoms with Crippen LogP contribution < -0.4 is 4.74 Å². The smallest absolute Gasteiger partial charge is 0.255 e. The summed E-state index contributed by atoms with van der Waals surface area (Å²) >= 11 is 0. The maximum absolute atomic E-state index is 12.7.